The molecule has 0 aromatic carbocycles. The molecule has 0 amide bonds. The van der Waals surface area contributed by atoms with Gasteiger partial charge in [-0.25, -0.2) is 9.46 Å². The van der Waals surface area contributed by atoms with E-state index in [4.69, 9.17) is 36.4 Å². The number of hydrogen-bond donors (Lipinski definition) is 1. The molecule has 4 heterocycles. The van der Waals surface area contributed by atoms with Gasteiger partial charge in [0.1, 0.15) is 27.6 Å². The number of nitrogens with one attached hydrogen (secondary N) is 1. The first-order chi connectivity index (χ1) is 18.3. The van der Waals surface area contributed by atoms with Crippen molar-refractivity contribution in [2.24, 2.45) is 5.92 Å². The molecule has 0 bridgehead atoms. The second-order valence-corrected chi connectivity index (χ2v) is 14.5. The van der Waals surface area contributed by atoms with Crippen LogP contribution in [0.25, 0.3) is 0 Å². The molecular formula is C22H39BClN3O7P2S. The molecular weight excluding hydrogens is 559 g/mol. The summed E-state index contributed by atoms with van der Waals surface area (Å²) in [5, 5.41) is 0. The lowest BCUT2D eigenvalue weighted by molar-refractivity contribution is -0.0349. The lowest BCUT2D eigenvalue weighted by Crippen LogP contribution is -2.33. The third-order valence-corrected chi connectivity index (χ3v) is 12.2. The first-order valence-electron chi connectivity index (χ1n) is 13.5. The van der Waals surface area contributed by atoms with Crippen LogP contribution in [-0.2, 0) is 22.5 Å². The lowest BCUT2D eigenvalue weighted by atomic mass is 10.0. The van der Waals surface area contributed by atoms with E-state index in [1.54, 1.807) is 6.92 Å². The molecule has 1 aromatic heterocycles. The largest absolute Gasteiger partial charge is 0.349 e. The Morgan fingerprint density at radius 1 is 1.32 bits per heavy atom. The smallest absolute Gasteiger partial charge is 0.330 e. The van der Waals surface area contributed by atoms with Crippen LogP contribution in [0.1, 0.15) is 52.8 Å². The molecule has 1 N–H and O–H groups in total. The second-order valence-electron chi connectivity index (χ2n) is 9.60. The van der Waals surface area contributed by atoms with Gasteiger partial charge in [-0.2, -0.15) is 0 Å². The molecule has 1 aromatic rings. The molecule has 3 saturated heterocycles. The number of aromatic amines is 1. The second kappa shape index (κ2) is 14.1. The minimum atomic E-state index is -1.27. The van der Waals surface area contributed by atoms with Crippen molar-refractivity contribution in [3.05, 3.63) is 32.6 Å². The van der Waals surface area contributed by atoms with Crippen LogP contribution in [0, 0.1) is 12.8 Å². The standard InChI is InChI=1S/C16H27BN3O6PS.C6H12ClOP/c1-9-6-20(16(22)18-15(9)21)14-5-12(13(24-14)7-23-28-8-17)26-27-19(4)10(2)11(3)25-27;1-4-5(2)8-9(7)6(4)3/h6,10-14H,5,7-8,17H2,1-4H3,(H,18,21,22);4-6H,1-3H3/t10-,11+,12?,13?,14?,27?;4-,5+,6?,9?/m00/s1/i17TD;. The van der Waals surface area contributed by atoms with Crippen LogP contribution in [0.15, 0.2) is 15.8 Å². The highest BCUT2D eigenvalue weighted by molar-refractivity contribution is 7.95. The topological polar surface area (TPSA) is 104 Å². The molecule has 10 atom stereocenters. The maximum absolute atomic E-state index is 12.3. The molecule has 0 spiro atoms. The van der Waals surface area contributed by atoms with Crippen LogP contribution < -0.4 is 11.2 Å². The zero-order valence-corrected chi connectivity index (χ0v) is 25.7. The number of aromatic nitrogens is 2. The highest BCUT2D eigenvalue weighted by atomic mass is 35.7. The van der Waals surface area contributed by atoms with Gasteiger partial charge < -0.3 is 22.5 Å². The highest BCUT2D eigenvalue weighted by Crippen LogP contribution is 2.58. The van der Waals surface area contributed by atoms with Gasteiger partial charge in [-0.15, -0.1) is 0 Å². The normalized spacial score (nSPS) is 38.7. The lowest BCUT2D eigenvalue weighted by Gasteiger charge is -2.24. The average molecular weight is 601 g/mol. The number of rotatable bonds is 8. The zero-order chi connectivity index (χ0) is 29.0. The van der Waals surface area contributed by atoms with Gasteiger partial charge in [-0.1, -0.05) is 25.1 Å². The van der Waals surface area contributed by atoms with Crippen LogP contribution in [0.4, 0.5) is 0 Å². The molecule has 37 heavy (non-hydrogen) atoms. The van der Waals surface area contributed by atoms with Crippen LogP contribution in [0.5, 0.6) is 0 Å². The summed E-state index contributed by atoms with van der Waals surface area (Å²) in [6, 6.07) is 0.218. The monoisotopic (exact) mass is 600 g/mol. The van der Waals surface area contributed by atoms with Gasteiger partial charge in [0, 0.05) is 29.9 Å². The van der Waals surface area contributed by atoms with E-state index in [1.807, 2.05) is 14.0 Å². The van der Waals surface area contributed by atoms with Crippen molar-refractivity contribution in [1.82, 2.24) is 14.2 Å². The Morgan fingerprint density at radius 2 is 2.05 bits per heavy atom. The minimum Gasteiger partial charge on any atom is -0.349 e. The van der Waals surface area contributed by atoms with Crippen molar-refractivity contribution in [3.63, 3.8) is 0 Å². The SMILES string of the molecule is CC1[C@@H](C)[C@@H](C)OP1Cl.[2H]B([3H])CSOCC1OC(n2cc(C)c(=O)[nH]c2=O)CC1OP1O[C@H](C)[C@H](C)N1C. The summed E-state index contributed by atoms with van der Waals surface area (Å²) in [7, 11) is -0.932. The zero-order valence-electron chi connectivity index (χ0n) is 24.3. The fourth-order valence-electron chi connectivity index (χ4n) is 4.00. The molecule has 210 valence electrons. The van der Waals surface area contributed by atoms with Crippen molar-refractivity contribution < 1.29 is 22.5 Å². The first kappa shape index (κ1) is 28.5. The van der Waals surface area contributed by atoms with Crippen LogP contribution in [0.2, 0.25) is 0 Å². The number of aryl methyl sites for hydroxylation is 1. The Morgan fingerprint density at radius 3 is 2.59 bits per heavy atom. The third kappa shape index (κ3) is 7.81. The Bertz CT molecular complexity index is 1050. The number of halogens is 1. The Labute approximate surface area is 234 Å². The first-order valence-corrected chi connectivity index (χ1v) is 16.6. The summed E-state index contributed by atoms with van der Waals surface area (Å²) >= 11 is 6.93. The van der Waals surface area contributed by atoms with E-state index < -0.39 is 47.4 Å². The Kier molecular flexibility index (Phi) is 10.8. The summed E-state index contributed by atoms with van der Waals surface area (Å²) in [5.41, 5.74) is 0.226. The quantitative estimate of drug-likeness (QED) is 0.207. The summed E-state index contributed by atoms with van der Waals surface area (Å²) in [4.78, 5) is 26.3. The van der Waals surface area contributed by atoms with Crippen molar-refractivity contribution >= 4 is 47.1 Å². The highest BCUT2D eigenvalue weighted by Gasteiger charge is 2.44. The predicted molar refractivity (Wildman–Crippen MR) is 153 cm³/mol. The van der Waals surface area contributed by atoms with E-state index in [-0.39, 0.29) is 30.5 Å². The van der Waals surface area contributed by atoms with Gasteiger partial charge >= 0.3 is 5.69 Å². The minimum absolute atomic E-state index is 0.0417. The number of nitrogens with zero attached hydrogens (tertiary/aromatic N) is 2. The Balaban J connectivity index is 0.000000395. The Hall–Kier alpha value is 0.00494. The van der Waals surface area contributed by atoms with Crippen molar-refractivity contribution in [2.45, 2.75) is 90.3 Å². The van der Waals surface area contributed by atoms with Gasteiger partial charge in [0.05, 0.1) is 24.9 Å². The number of H-pyrrole nitrogens is 1. The van der Waals surface area contributed by atoms with Gasteiger partial charge in [-0.05, 0) is 61.0 Å². The van der Waals surface area contributed by atoms with Gasteiger partial charge in [-0.3, -0.25) is 14.3 Å². The third-order valence-electron chi connectivity index (χ3n) is 7.12. The van der Waals surface area contributed by atoms with Crippen molar-refractivity contribution in [2.75, 3.05) is 19.3 Å². The van der Waals surface area contributed by atoms with E-state index >= 15 is 0 Å². The maximum Gasteiger partial charge on any atom is 0.330 e. The molecule has 3 aliphatic heterocycles. The average Bonchev–Trinajstić information content (AvgIpc) is 3.45. The van der Waals surface area contributed by atoms with Gasteiger partial charge in [0.25, 0.3) is 14.1 Å². The molecule has 3 fully saturated rings. The molecule has 6 unspecified atom stereocenters. The van der Waals surface area contributed by atoms with E-state index in [2.05, 4.69) is 37.3 Å². The van der Waals surface area contributed by atoms with E-state index in [1.165, 1.54) is 10.8 Å². The van der Waals surface area contributed by atoms with Crippen molar-refractivity contribution in [1.29, 1.82) is 2.67 Å². The van der Waals surface area contributed by atoms with E-state index in [9.17, 15) is 9.59 Å². The van der Waals surface area contributed by atoms with Gasteiger partial charge in [0.2, 0.25) is 0 Å². The molecule has 0 radical (unpaired) electrons. The fraction of sp³-hybridized carbons (Fsp3) is 0.818. The van der Waals surface area contributed by atoms with Crippen LogP contribution >= 0.6 is 39.3 Å². The van der Waals surface area contributed by atoms with Crippen LogP contribution in [-0.4, -0.2) is 80.1 Å². The molecule has 4 rings (SSSR count). The van der Waals surface area contributed by atoms with E-state index in [0.29, 0.717) is 29.7 Å². The molecule has 0 saturated carbocycles. The predicted octanol–water partition coefficient (Wildman–Crippen LogP) is 3.72. The van der Waals surface area contributed by atoms with Crippen molar-refractivity contribution in [3.8, 4) is 0 Å². The molecule has 10 nitrogen and oxygen atoms in total. The summed E-state index contributed by atoms with van der Waals surface area (Å²) in [6.07, 6.45) is 0.811. The summed E-state index contributed by atoms with van der Waals surface area (Å²) in [6.45, 7) is 12.3. The fourth-order valence-corrected chi connectivity index (χ4v) is 8.29. The molecule has 0 aliphatic carbocycles. The summed E-state index contributed by atoms with van der Waals surface area (Å²) < 4.78 is 47.1. The van der Waals surface area contributed by atoms with Gasteiger partial charge in [0.15, 0.2) is 0 Å². The number of ether oxygens (including phenoxy) is 1. The summed E-state index contributed by atoms with van der Waals surface area (Å²) in [5.74, 6) is 0.633. The maximum atomic E-state index is 12.3. The number of likely N-dealkylation sites (N-methyl/N-ethyl adjacent to an activating group) is 1. The van der Waals surface area contributed by atoms with E-state index in [0.717, 1.165) is 12.0 Å². The molecule has 3 aliphatic rings. The molecule has 15 heteroatoms. The van der Waals surface area contributed by atoms with Crippen LogP contribution in [0.3, 0.4) is 0 Å². The number of hydrogen-bond acceptors (Lipinski definition) is 9.